The van der Waals surface area contributed by atoms with Crippen LogP contribution in [0.5, 0.6) is 0 Å². The lowest BCUT2D eigenvalue weighted by atomic mass is 10.1. The van der Waals surface area contributed by atoms with E-state index in [-0.39, 0.29) is 25.3 Å². The fraction of sp³-hybridized carbons (Fsp3) is 0.333. The minimum absolute atomic E-state index is 0.111. The number of carbonyl (C=O) groups is 3. The Bertz CT molecular complexity index is 790. The van der Waals surface area contributed by atoms with Crippen LogP contribution in [0.1, 0.15) is 18.7 Å². The summed E-state index contributed by atoms with van der Waals surface area (Å²) in [6.07, 6.45) is 3.59. The van der Waals surface area contributed by atoms with E-state index in [1.54, 1.807) is 31.6 Å². The van der Waals surface area contributed by atoms with Crippen LogP contribution in [-0.4, -0.2) is 51.0 Å². The van der Waals surface area contributed by atoms with Gasteiger partial charge in [0.05, 0.1) is 6.54 Å². The van der Waals surface area contributed by atoms with Crippen molar-refractivity contribution in [2.75, 3.05) is 7.05 Å². The van der Waals surface area contributed by atoms with Gasteiger partial charge in [0.2, 0.25) is 17.6 Å². The van der Waals surface area contributed by atoms with Gasteiger partial charge in [0.1, 0.15) is 6.04 Å². The fourth-order valence-electron chi connectivity index (χ4n) is 2.35. The summed E-state index contributed by atoms with van der Waals surface area (Å²) in [6.45, 7) is 0.153. The van der Waals surface area contributed by atoms with Crippen LogP contribution in [-0.2, 0) is 16.1 Å². The number of carbonyl (C=O) groups excluding carboxylic acids is 3. The van der Waals surface area contributed by atoms with Crippen LogP contribution in [0.2, 0.25) is 0 Å². The lowest BCUT2D eigenvalue weighted by Crippen LogP contribution is -2.32. The Labute approximate surface area is 142 Å². The lowest BCUT2D eigenvalue weighted by Gasteiger charge is -2.15. The molecule has 2 aromatic heterocycles. The highest BCUT2D eigenvalue weighted by atomic mass is 16.5. The molecule has 2 N–H and O–H groups in total. The monoisotopic (exact) mass is 344 g/mol. The number of aromatic nitrogens is 3. The van der Waals surface area contributed by atoms with Gasteiger partial charge in [0, 0.05) is 31.4 Å². The number of nitrogens with one attached hydrogen (secondary N) is 2. The van der Waals surface area contributed by atoms with Gasteiger partial charge in [0.25, 0.3) is 5.91 Å². The number of nitrogens with zero attached hydrogens (tertiary/aromatic N) is 4. The van der Waals surface area contributed by atoms with Gasteiger partial charge in [-0.05, 0) is 18.6 Å². The van der Waals surface area contributed by atoms with Crippen LogP contribution in [0.3, 0.4) is 0 Å². The third kappa shape index (κ3) is 3.97. The van der Waals surface area contributed by atoms with E-state index in [9.17, 15) is 14.4 Å². The Hall–Kier alpha value is -3.30. The number of imide groups is 1. The second kappa shape index (κ2) is 7.07. The van der Waals surface area contributed by atoms with E-state index in [0.717, 1.165) is 5.56 Å². The van der Waals surface area contributed by atoms with Gasteiger partial charge < -0.3 is 14.7 Å². The molecule has 3 heterocycles. The van der Waals surface area contributed by atoms with Crippen molar-refractivity contribution in [3.63, 3.8) is 0 Å². The molecule has 0 saturated carbocycles. The molecule has 0 aromatic carbocycles. The molecule has 130 valence electrons. The molecule has 10 nitrogen and oxygen atoms in total. The van der Waals surface area contributed by atoms with E-state index in [1.807, 2.05) is 0 Å². The molecule has 1 saturated heterocycles. The zero-order chi connectivity index (χ0) is 17.8. The molecule has 1 aliphatic rings. The van der Waals surface area contributed by atoms with Gasteiger partial charge in [-0.15, -0.1) is 0 Å². The molecule has 1 atom stereocenters. The van der Waals surface area contributed by atoms with E-state index in [4.69, 9.17) is 4.52 Å². The topological polar surface area (TPSA) is 130 Å². The summed E-state index contributed by atoms with van der Waals surface area (Å²) in [5, 5.41) is 8.45. The van der Waals surface area contributed by atoms with Gasteiger partial charge in [-0.3, -0.25) is 19.9 Å². The number of rotatable bonds is 6. The minimum atomic E-state index is -0.674. The molecule has 3 rings (SSSR count). The molecule has 2 aromatic rings. The van der Waals surface area contributed by atoms with Crippen LogP contribution >= 0.6 is 0 Å². The summed E-state index contributed by atoms with van der Waals surface area (Å²) in [5.74, 6) is 0.107. The number of urea groups is 1. The molecular weight excluding hydrogens is 328 g/mol. The molecule has 1 fully saturated rings. The molecule has 0 unspecified atom stereocenters. The molecule has 4 amide bonds. The standard InChI is InChI=1S/C15H16N6O4/c1-21(12(22)3-2-10-14(23)19-15(24)17-10)8-11-18-13(20-25-11)9-4-6-16-7-5-9/h4-7,10H,2-3,8H2,1H3,(H2,17,19,23,24)/t10-/m1/s1. The average molecular weight is 344 g/mol. The molecular formula is C15H16N6O4. The highest BCUT2D eigenvalue weighted by molar-refractivity contribution is 6.04. The van der Waals surface area contributed by atoms with Crippen LogP contribution in [0.4, 0.5) is 4.79 Å². The highest BCUT2D eigenvalue weighted by Crippen LogP contribution is 2.15. The summed E-state index contributed by atoms with van der Waals surface area (Å²) in [7, 11) is 1.60. The van der Waals surface area contributed by atoms with E-state index >= 15 is 0 Å². The zero-order valence-corrected chi connectivity index (χ0v) is 13.4. The zero-order valence-electron chi connectivity index (χ0n) is 13.4. The van der Waals surface area contributed by atoms with Gasteiger partial charge >= 0.3 is 6.03 Å². The molecule has 25 heavy (non-hydrogen) atoms. The largest absolute Gasteiger partial charge is 0.337 e. The normalized spacial score (nSPS) is 16.4. The Morgan fingerprint density at radius 1 is 1.32 bits per heavy atom. The Morgan fingerprint density at radius 3 is 2.76 bits per heavy atom. The molecule has 0 spiro atoms. The van der Waals surface area contributed by atoms with Crippen molar-refractivity contribution in [3.05, 3.63) is 30.4 Å². The summed E-state index contributed by atoms with van der Waals surface area (Å²) in [5.41, 5.74) is 0.766. The number of hydrogen-bond acceptors (Lipinski definition) is 7. The van der Waals surface area contributed by atoms with E-state index in [0.29, 0.717) is 11.7 Å². The second-order valence-electron chi connectivity index (χ2n) is 5.55. The summed E-state index contributed by atoms with van der Waals surface area (Å²) in [6, 6.07) is 2.30. The van der Waals surface area contributed by atoms with Gasteiger partial charge in [-0.2, -0.15) is 4.98 Å². The number of pyridine rings is 1. The summed E-state index contributed by atoms with van der Waals surface area (Å²) in [4.78, 5) is 44.2. The maximum absolute atomic E-state index is 12.2. The first-order valence-electron chi connectivity index (χ1n) is 7.61. The second-order valence-corrected chi connectivity index (χ2v) is 5.55. The van der Waals surface area contributed by atoms with E-state index in [2.05, 4.69) is 25.8 Å². The summed E-state index contributed by atoms with van der Waals surface area (Å²) >= 11 is 0. The maximum Gasteiger partial charge on any atom is 0.322 e. The van der Waals surface area contributed by atoms with Crippen molar-refractivity contribution in [1.29, 1.82) is 0 Å². The van der Waals surface area contributed by atoms with Crippen LogP contribution in [0.25, 0.3) is 11.4 Å². The van der Waals surface area contributed by atoms with Gasteiger partial charge in [0.15, 0.2) is 0 Å². The minimum Gasteiger partial charge on any atom is -0.337 e. The average Bonchev–Trinajstić information content (AvgIpc) is 3.19. The Morgan fingerprint density at radius 2 is 2.08 bits per heavy atom. The smallest absolute Gasteiger partial charge is 0.322 e. The summed E-state index contributed by atoms with van der Waals surface area (Å²) < 4.78 is 5.15. The Kier molecular flexibility index (Phi) is 4.68. The van der Waals surface area contributed by atoms with Crippen LogP contribution in [0, 0.1) is 0 Å². The predicted molar refractivity (Wildman–Crippen MR) is 83.7 cm³/mol. The number of hydrogen-bond donors (Lipinski definition) is 2. The van der Waals surface area contributed by atoms with Crippen molar-refractivity contribution in [3.8, 4) is 11.4 Å². The first-order chi connectivity index (χ1) is 12.0. The first kappa shape index (κ1) is 16.6. The third-order valence-electron chi connectivity index (χ3n) is 3.71. The van der Waals surface area contributed by atoms with Gasteiger partial charge in [-0.25, -0.2) is 4.79 Å². The first-order valence-corrected chi connectivity index (χ1v) is 7.61. The number of amides is 4. The molecule has 0 bridgehead atoms. The molecule has 0 aliphatic carbocycles. The quantitative estimate of drug-likeness (QED) is 0.709. The van der Waals surface area contributed by atoms with Crippen LogP contribution in [0.15, 0.2) is 29.0 Å². The van der Waals surface area contributed by atoms with Crippen molar-refractivity contribution in [1.82, 2.24) is 30.7 Å². The SMILES string of the molecule is CN(Cc1nc(-c2ccncc2)no1)C(=O)CC[C@H]1NC(=O)NC1=O. The van der Waals surface area contributed by atoms with Crippen molar-refractivity contribution >= 4 is 17.8 Å². The van der Waals surface area contributed by atoms with Crippen molar-refractivity contribution < 1.29 is 18.9 Å². The highest BCUT2D eigenvalue weighted by Gasteiger charge is 2.29. The molecule has 1 aliphatic heterocycles. The van der Waals surface area contributed by atoms with Gasteiger partial charge in [-0.1, -0.05) is 5.16 Å². The Balaban J connectivity index is 1.52. The van der Waals surface area contributed by atoms with Crippen molar-refractivity contribution in [2.24, 2.45) is 0 Å². The van der Waals surface area contributed by atoms with Crippen molar-refractivity contribution in [2.45, 2.75) is 25.4 Å². The van der Waals surface area contributed by atoms with E-state index < -0.39 is 18.0 Å². The third-order valence-corrected chi connectivity index (χ3v) is 3.71. The van der Waals surface area contributed by atoms with Crippen LogP contribution < -0.4 is 10.6 Å². The fourth-order valence-corrected chi connectivity index (χ4v) is 2.35. The molecule has 0 radical (unpaired) electrons. The molecule has 10 heteroatoms. The maximum atomic E-state index is 12.2. The predicted octanol–water partition coefficient (Wildman–Crippen LogP) is 0.0782. The lowest BCUT2D eigenvalue weighted by molar-refractivity contribution is -0.131. The van der Waals surface area contributed by atoms with E-state index in [1.165, 1.54) is 4.90 Å².